The van der Waals surface area contributed by atoms with E-state index in [1.807, 2.05) is 11.8 Å². The third-order valence-electron chi connectivity index (χ3n) is 3.52. The summed E-state index contributed by atoms with van der Waals surface area (Å²) in [4.78, 5) is 1.98. The maximum Gasteiger partial charge on any atom is 0.344 e. The summed E-state index contributed by atoms with van der Waals surface area (Å²) in [6, 6.07) is 6.83. The van der Waals surface area contributed by atoms with E-state index in [0.29, 0.717) is 6.54 Å². The molecule has 0 aliphatic heterocycles. The number of hydrogen-bond acceptors (Lipinski definition) is 7. The van der Waals surface area contributed by atoms with Crippen LogP contribution in [0.5, 0.6) is 5.75 Å². The lowest BCUT2D eigenvalue weighted by Crippen LogP contribution is -2.31. The highest BCUT2D eigenvalue weighted by atomic mass is 31.2. The third-order valence-corrected chi connectivity index (χ3v) is 7.08. The fourth-order valence-electron chi connectivity index (χ4n) is 2.36. The quantitative estimate of drug-likeness (QED) is 0.411. The molecule has 0 saturated carbocycles. The Balaban J connectivity index is 0.00000301. The van der Waals surface area contributed by atoms with E-state index >= 15 is 0 Å². The van der Waals surface area contributed by atoms with Crippen LogP contribution in [0.3, 0.4) is 0 Å². The summed E-state index contributed by atoms with van der Waals surface area (Å²) < 4.78 is 33.9. The molecule has 1 rings (SSSR count). The molecule has 0 amide bonds. The molecule has 1 aromatic rings. The Morgan fingerprint density at radius 2 is 1.62 bits per heavy atom. The van der Waals surface area contributed by atoms with Crippen molar-refractivity contribution < 1.29 is 27.8 Å². The molecule has 1 aromatic carbocycles. The lowest BCUT2D eigenvalue weighted by molar-refractivity contribution is 0.208. The summed E-state index contributed by atoms with van der Waals surface area (Å²) >= 11 is 0. The minimum absolute atomic E-state index is 0.116. The Kier molecular flexibility index (Phi) is 13.0. The smallest absolute Gasteiger partial charge is 0.344 e. The van der Waals surface area contributed by atoms with Crippen molar-refractivity contribution in [2.24, 2.45) is 0 Å². The zero-order valence-electron chi connectivity index (χ0n) is 16.3. The number of benzene rings is 1. The number of nitrogens with zero attached hydrogens (tertiary/aromatic N) is 1. The molecule has 9 heteroatoms. The topological polar surface area (TPSA) is 77.5 Å². The Morgan fingerprint density at radius 1 is 1.12 bits per heavy atom. The minimum atomic E-state index is -3.24. The SMILES string of the molecule is C=C.CCCN(CP(=O)(OC)OC)C(c1ccc(O)cc1)P(OC)OC. The standard InChI is InChI=1S/C15H27NO6P2.C2H4/c1-6-11-16(12-24(18,21-4)22-5)15(23(19-2)20-3)13-7-9-14(17)10-8-13;1-2/h7-10,15,17H,6,11-12H2,1-5H3;1-2H2. The average Bonchev–Trinajstić information content (AvgIpc) is 2.68. The number of phenols is 1. The average molecular weight is 407 g/mol. The Hall–Kier alpha value is -0.780. The van der Waals surface area contributed by atoms with Gasteiger partial charge >= 0.3 is 7.60 Å². The molecular formula is C17H31NO6P2. The monoisotopic (exact) mass is 407 g/mol. The molecule has 1 N–H and O–H groups in total. The molecule has 0 aliphatic carbocycles. The normalized spacial score (nSPS) is 12.7. The van der Waals surface area contributed by atoms with Crippen molar-refractivity contribution in [1.82, 2.24) is 4.90 Å². The van der Waals surface area contributed by atoms with Crippen LogP contribution in [0.25, 0.3) is 0 Å². The van der Waals surface area contributed by atoms with Gasteiger partial charge in [-0.2, -0.15) is 0 Å². The van der Waals surface area contributed by atoms with E-state index in [2.05, 4.69) is 13.2 Å². The summed E-state index contributed by atoms with van der Waals surface area (Å²) in [5.41, 5.74) is 0.898. The fraction of sp³-hybridized carbons (Fsp3) is 0.529. The molecule has 0 aromatic heterocycles. The lowest BCUT2D eigenvalue weighted by Gasteiger charge is -2.36. The van der Waals surface area contributed by atoms with Crippen molar-refractivity contribution in [3.05, 3.63) is 43.0 Å². The largest absolute Gasteiger partial charge is 0.508 e. The summed E-state index contributed by atoms with van der Waals surface area (Å²) in [6.45, 7) is 8.70. The van der Waals surface area contributed by atoms with E-state index in [1.165, 1.54) is 14.2 Å². The van der Waals surface area contributed by atoms with Gasteiger partial charge < -0.3 is 23.2 Å². The first-order chi connectivity index (χ1) is 12.4. The van der Waals surface area contributed by atoms with Gasteiger partial charge in [0.2, 0.25) is 0 Å². The van der Waals surface area contributed by atoms with E-state index in [9.17, 15) is 9.67 Å². The van der Waals surface area contributed by atoms with E-state index in [-0.39, 0.29) is 17.8 Å². The van der Waals surface area contributed by atoms with Gasteiger partial charge in [-0.1, -0.05) is 19.1 Å². The van der Waals surface area contributed by atoms with Gasteiger partial charge in [0.1, 0.15) is 17.8 Å². The van der Waals surface area contributed by atoms with Crippen LogP contribution in [0.4, 0.5) is 0 Å². The van der Waals surface area contributed by atoms with Crippen molar-refractivity contribution >= 4 is 16.0 Å². The molecule has 0 radical (unpaired) electrons. The Morgan fingerprint density at radius 3 is 2.00 bits per heavy atom. The van der Waals surface area contributed by atoms with Crippen LogP contribution in [-0.4, -0.2) is 51.3 Å². The molecule has 0 heterocycles. The van der Waals surface area contributed by atoms with E-state index in [4.69, 9.17) is 18.1 Å². The van der Waals surface area contributed by atoms with Gasteiger partial charge in [0.05, 0.1) is 0 Å². The Labute approximate surface area is 158 Å². The zero-order chi connectivity index (χ0) is 20.2. The summed E-state index contributed by atoms with van der Waals surface area (Å²) in [6.07, 6.45) is 0.962. The van der Waals surface area contributed by atoms with Crippen LogP contribution >= 0.6 is 16.0 Å². The van der Waals surface area contributed by atoms with Crippen molar-refractivity contribution in [1.29, 1.82) is 0 Å². The first kappa shape index (κ1) is 25.2. The Bertz CT molecular complexity index is 531. The van der Waals surface area contributed by atoms with Gasteiger partial charge in [0.15, 0.2) is 8.38 Å². The van der Waals surface area contributed by atoms with Crippen LogP contribution in [0.1, 0.15) is 24.7 Å². The summed E-state index contributed by atoms with van der Waals surface area (Å²) in [7, 11) is 1.37. The second-order valence-corrected chi connectivity index (χ2v) is 9.07. The van der Waals surface area contributed by atoms with Crippen molar-refractivity contribution in [3.63, 3.8) is 0 Å². The molecule has 26 heavy (non-hydrogen) atoms. The van der Waals surface area contributed by atoms with Crippen LogP contribution < -0.4 is 0 Å². The summed E-state index contributed by atoms with van der Waals surface area (Å²) in [5, 5.41) is 9.54. The number of aromatic hydroxyl groups is 1. The lowest BCUT2D eigenvalue weighted by atomic mass is 10.2. The highest BCUT2D eigenvalue weighted by Crippen LogP contribution is 2.57. The maximum atomic E-state index is 12.6. The van der Waals surface area contributed by atoms with Crippen LogP contribution in [0, 0.1) is 0 Å². The van der Waals surface area contributed by atoms with Gasteiger partial charge in [0, 0.05) is 28.4 Å². The second kappa shape index (κ2) is 13.4. The van der Waals surface area contributed by atoms with Gasteiger partial charge in [-0.3, -0.25) is 9.46 Å². The molecule has 0 aliphatic rings. The van der Waals surface area contributed by atoms with Crippen molar-refractivity contribution in [2.75, 3.05) is 41.3 Å². The fourth-order valence-corrected chi connectivity index (χ4v) is 5.04. The summed E-state index contributed by atoms with van der Waals surface area (Å²) in [5.74, 6) is -0.0904. The molecule has 150 valence electrons. The molecular weight excluding hydrogens is 376 g/mol. The van der Waals surface area contributed by atoms with Crippen LogP contribution in [0.15, 0.2) is 37.4 Å². The van der Waals surface area contributed by atoms with E-state index < -0.39 is 16.0 Å². The molecule has 0 spiro atoms. The van der Waals surface area contributed by atoms with Gasteiger partial charge in [0.25, 0.3) is 0 Å². The molecule has 0 saturated heterocycles. The first-order valence-electron chi connectivity index (χ1n) is 8.05. The highest BCUT2D eigenvalue weighted by molar-refractivity contribution is 7.53. The number of phenolic OH excluding ortho intramolecular Hbond substituents is 1. The third kappa shape index (κ3) is 7.45. The molecule has 0 bridgehead atoms. The van der Waals surface area contributed by atoms with E-state index in [0.717, 1.165) is 12.0 Å². The number of hydrogen-bond donors (Lipinski definition) is 1. The molecule has 1 unspecified atom stereocenters. The van der Waals surface area contributed by atoms with Gasteiger partial charge in [-0.25, -0.2) is 0 Å². The molecule has 0 fully saturated rings. The maximum absolute atomic E-state index is 12.6. The van der Waals surface area contributed by atoms with Crippen LogP contribution in [-0.2, 0) is 22.7 Å². The zero-order valence-corrected chi connectivity index (χ0v) is 18.0. The minimum Gasteiger partial charge on any atom is -0.508 e. The van der Waals surface area contributed by atoms with Gasteiger partial charge in [-0.05, 0) is 30.7 Å². The second-order valence-electron chi connectivity index (χ2n) is 5.05. The van der Waals surface area contributed by atoms with Gasteiger partial charge in [-0.15, -0.1) is 13.2 Å². The van der Waals surface area contributed by atoms with Crippen molar-refractivity contribution in [3.8, 4) is 5.75 Å². The van der Waals surface area contributed by atoms with Crippen LogP contribution in [0.2, 0.25) is 0 Å². The van der Waals surface area contributed by atoms with Crippen molar-refractivity contribution in [2.45, 2.75) is 19.1 Å². The predicted octanol–water partition coefficient (Wildman–Crippen LogP) is 4.95. The molecule has 1 atom stereocenters. The molecule has 7 nitrogen and oxygen atoms in total. The first-order valence-corrected chi connectivity index (χ1v) is 11.0. The number of rotatable bonds is 11. The highest BCUT2D eigenvalue weighted by Gasteiger charge is 2.35. The van der Waals surface area contributed by atoms with E-state index in [1.54, 1.807) is 38.5 Å². The predicted molar refractivity (Wildman–Crippen MR) is 107 cm³/mol.